The standard InChI is InChI=1S/C29H26O12/c1-2-39-29(38)25-24-15(4-9-19(32)27(24)41-26(25)16-5-8-18(31)21(34)13-16)6-10-23(35)40-22(28(36)37)12-14-3-7-17(30)20(33)11-14/h3-11,13,22,25-26,30-34H,2,12H2,1H3,(H,36,37)/b10-6+/t22-,25+,26-/m0/s1. The molecule has 12 nitrogen and oxygen atoms in total. The molecule has 0 aliphatic carbocycles. The van der Waals surface area contributed by atoms with Crippen molar-refractivity contribution in [2.75, 3.05) is 6.61 Å². The fourth-order valence-electron chi connectivity index (χ4n) is 4.42. The third-order valence-electron chi connectivity index (χ3n) is 6.33. The van der Waals surface area contributed by atoms with Crippen LogP contribution in [-0.4, -0.2) is 61.3 Å². The number of hydrogen-bond donors (Lipinski definition) is 6. The first-order valence-corrected chi connectivity index (χ1v) is 12.3. The summed E-state index contributed by atoms with van der Waals surface area (Å²) in [7, 11) is 0. The maximum Gasteiger partial charge on any atom is 0.345 e. The second kappa shape index (κ2) is 11.8. The van der Waals surface area contributed by atoms with E-state index >= 15 is 0 Å². The molecule has 0 bridgehead atoms. The van der Waals surface area contributed by atoms with Gasteiger partial charge in [0.2, 0.25) is 6.10 Å². The van der Waals surface area contributed by atoms with E-state index < -0.39 is 53.3 Å². The SMILES string of the molecule is CCOC(=O)[C@@H]1c2c(/C=C/C(=O)O[C@@H](Cc3ccc(O)c(O)c3)C(=O)O)ccc(O)c2O[C@H]1c1ccc(O)c(O)c1. The van der Waals surface area contributed by atoms with Gasteiger partial charge in [-0.1, -0.05) is 18.2 Å². The van der Waals surface area contributed by atoms with Crippen molar-refractivity contribution in [1.29, 1.82) is 0 Å². The van der Waals surface area contributed by atoms with Gasteiger partial charge in [-0.15, -0.1) is 0 Å². The molecule has 0 fully saturated rings. The molecule has 214 valence electrons. The van der Waals surface area contributed by atoms with Crippen LogP contribution in [-0.2, 0) is 30.3 Å². The molecule has 0 aromatic heterocycles. The van der Waals surface area contributed by atoms with Gasteiger partial charge in [-0.05, 0) is 60.0 Å². The molecular weight excluding hydrogens is 540 g/mol. The van der Waals surface area contributed by atoms with Crippen LogP contribution in [0.4, 0.5) is 0 Å². The number of carbonyl (C=O) groups excluding carboxylic acids is 2. The topological polar surface area (TPSA) is 200 Å². The minimum absolute atomic E-state index is 0.0317. The van der Waals surface area contributed by atoms with Crippen molar-refractivity contribution in [2.24, 2.45) is 0 Å². The molecule has 3 aromatic rings. The molecule has 0 saturated heterocycles. The number of aliphatic carboxylic acids is 1. The normalized spacial score (nSPS) is 16.5. The zero-order valence-corrected chi connectivity index (χ0v) is 21.6. The van der Waals surface area contributed by atoms with E-state index in [1.54, 1.807) is 6.92 Å². The van der Waals surface area contributed by atoms with E-state index in [1.165, 1.54) is 48.5 Å². The molecule has 41 heavy (non-hydrogen) atoms. The number of fused-ring (bicyclic) bond motifs is 1. The highest BCUT2D eigenvalue weighted by molar-refractivity contribution is 5.91. The van der Waals surface area contributed by atoms with Crippen LogP contribution < -0.4 is 4.74 Å². The highest BCUT2D eigenvalue weighted by atomic mass is 16.6. The van der Waals surface area contributed by atoms with Crippen molar-refractivity contribution in [3.05, 3.63) is 76.9 Å². The van der Waals surface area contributed by atoms with Crippen molar-refractivity contribution < 1.29 is 59.2 Å². The smallest absolute Gasteiger partial charge is 0.345 e. The number of carboxylic acids is 1. The zero-order chi connectivity index (χ0) is 29.8. The molecule has 3 atom stereocenters. The Morgan fingerprint density at radius 3 is 2.20 bits per heavy atom. The van der Waals surface area contributed by atoms with Crippen molar-refractivity contribution in [3.63, 3.8) is 0 Å². The number of aromatic hydroxyl groups is 5. The Bertz CT molecular complexity index is 1530. The van der Waals surface area contributed by atoms with E-state index in [0.29, 0.717) is 11.1 Å². The lowest BCUT2D eigenvalue weighted by molar-refractivity contribution is -0.160. The maximum absolute atomic E-state index is 13.1. The van der Waals surface area contributed by atoms with Crippen LogP contribution in [0, 0.1) is 0 Å². The van der Waals surface area contributed by atoms with Crippen LogP contribution in [0.15, 0.2) is 54.6 Å². The van der Waals surface area contributed by atoms with Gasteiger partial charge in [0.25, 0.3) is 0 Å². The summed E-state index contributed by atoms with van der Waals surface area (Å²) in [5.41, 5.74) is 1.03. The van der Waals surface area contributed by atoms with E-state index in [2.05, 4.69) is 0 Å². The molecule has 0 radical (unpaired) electrons. The monoisotopic (exact) mass is 566 g/mol. The largest absolute Gasteiger partial charge is 0.504 e. The Balaban J connectivity index is 1.63. The second-order valence-electron chi connectivity index (χ2n) is 9.06. The molecule has 0 amide bonds. The minimum atomic E-state index is -1.62. The first-order chi connectivity index (χ1) is 19.5. The summed E-state index contributed by atoms with van der Waals surface area (Å²) >= 11 is 0. The molecule has 4 rings (SSSR count). The first kappa shape index (κ1) is 28.6. The van der Waals surface area contributed by atoms with Crippen molar-refractivity contribution >= 4 is 24.0 Å². The van der Waals surface area contributed by atoms with E-state index in [1.807, 2.05) is 0 Å². The average Bonchev–Trinajstić information content (AvgIpc) is 3.33. The second-order valence-corrected chi connectivity index (χ2v) is 9.06. The summed E-state index contributed by atoms with van der Waals surface area (Å²) in [6.07, 6.45) is -0.779. The van der Waals surface area contributed by atoms with Crippen molar-refractivity contribution in [3.8, 4) is 34.5 Å². The fourth-order valence-corrected chi connectivity index (χ4v) is 4.42. The number of phenolic OH excluding ortho intramolecular Hbond substituents is 5. The van der Waals surface area contributed by atoms with Gasteiger partial charge in [-0.25, -0.2) is 9.59 Å². The summed E-state index contributed by atoms with van der Waals surface area (Å²) in [6, 6.07) is 10.2. The van der Waals surface area contributed by atoms with Gasteiger partial charge in [0, 0.05) is 18.1 Å². The lowest BCUT2D eigenvalue weighted by Crippen LogP contribution is -2.28. The summed E-state index contributed by atoms with van der Waals surface area (Å²) < 4.78 is 16.2. The Kier molecular flexibility index (Phi) is 8.22. The number of carbonyl (C=O) groups is 3. The van der Waals surface area contributed by atoms with Gasteiger partial charge in [0.05, 0.1) is 6.61 Å². The Morgan fingerprint density at radius 1 is 0.902 bits per heavy atom. The lowest BCUT2D eigenvalue weighted by Gasteiger charge is -2.19. The van der Waals surface area contributed by atoms with Crippen LogP contribution in [0.25, 0.3) is 6.08 Å². The highest BCUT2D eigenvalue weighted by Gasteiger charge is 2.44. The zero-order valence-electron chi connectivity index (χ0n) is 21.6. The quantitative estimate of drug-likeness (QED) is 0.126. The van der Waals surface area contributed by atoms with Crippen molar-refractivity contribution in [2.45, 2.75) is 31.5 Å². The van der Waals surface area contributed by atoms with E-state index in [0.717, 1.165) is 12.1 Å². The molecule has 12 heteroatoms. The summed E-state index contributed by atoms with van der Waals surface area (Å²) in [4.78, 5) is 37.4. The van der Waals surface area contributed by atoms with Gasteiger partial charge < -0.3 is 44.8 Å². The van der Waals surface area contributed by atoms with Gasteiger partial charge in [-0.3, -0.25) is 4.79 Å². The molecule has 0 spiro atoms. The van der Waals surface area contributed by atoms with Crippen LogP contribution in [0.3, 0.4) is 0 Å². The van der Waals surface area contributed by atoms with Crippen molar-refractivity contribution in [1.82, 2.24) is 0 Å². The molecule has 1 aliphatic rings. The molecule has 0 unspecified atom stereocenters. The Hall–Kier alpha value is -5.39. The van der Waals surface area contributed by atoms with Crippen LogP contribution in [0.5, 0.6) is 34.5 Å². The number of carboxylic acid groups (broad SMARTS) is 1. The van der Waals surface area contributed by atoms with Crippen LogP contribution in [0.1, 0.15) is 41.2 Å². The predicted molar refractivity (Wildman–Crippen MR) is 141 cm³/mol. The summed E-state index contributed by atoms with van der Waals surface area (Å²) in [6.45, 7) is 1.64. The predicted octanol–water partition coefficient (Wildman–Crippen LogP) is 3.25. The Labute approximate surface area is 232 Å². The highest BCUT2D eigenvalue weighted by Crippen LogP contribution is 2.53. The van der Waals surface area contributed by atoms with Crippen LogP contribution >= 0.6 is 0 Å². The third-order valence-corrected chi connectivity index (χ3v) is 6.33. The number of benzene rings is 3. The van der Waals surface area contributed by atoms with Gasteiger partial charge >= 0.3 is 17.9 Å². The molecule has 0 saturated carbocycles. The van der Waals surface area contributed by atoms with Gasteiger partial charge in [0.1, 0.15) is 12.0 Å². The average molecular weight is 567 g/mol. The minimum Gasteiger partial charge on any atom is -0.504 e. The number of rotatable bonds is 9. The maximum atomic E-state index is 13.1. The molecule has 6 N–H and O–H groups in total. The van der Waals surface area contributed by atoms with Gasteiger partial charge in [-0.2, -0.15) is 0 Å². The van der Waals surface area contributed by atoms with Gasteiger partial charge in [0.15, 0.2) is 34.5 Å². The van der Waals surface area contributed by atoms with E-state index in [9.17, 15) is 45.0 Å². The molecule has 1 aliphatic heterocycles. The first-order valence-electron chi connectivity index (χ1n) is 12.3. The number of hydrogen-bond acceptors (Lipinski definition) is 11. The van der Waals surface area contributed by atoms with Crippen LogP contribution in [0.2, 0.25) is 0 Å². The Morgan fingerprint density at radius 2 is 1.56 bits per heavy atom. The summed E-state index contributed by atoms with van der Waals surface area (Å²) in [5, 5.41) is 58.8. The number of esters is 2. The molecule has 1 heterocycles. The fraction of sp³-hybridized carbons (Fsp3) is 0.207. The number of phenols is 5. The lowest BCUT2D eigenvalue weighted by atomic mass is 9.87. The van der Waals surface area contributed by atoms with E-state index in [4.69, 9.17) is 14.2 Å². The molecule has 3 aromatic carbocycles. The molecular formula is C29H26O12. The third kappa shape index (κ3) is 6.11. The number of ether oxygens (including phenoxy) is 3. The summed E-state index contributed by atoms with van der Waals surface area (Å²) in [5.74, 6) is -6.39. The van der Waals surface area contributed by atoms with E-state index in [-0.39, 0.29) is 41.4 Å².